The topological polar surface area (TPSA) is 274 Å². The fourth-order valence-electron chi connectivity index (χ4n) is 8.68. The van der Waals surface area contributed by atoms with Gasteiger partial charge in [-0.1, -0.05) is 36.9 Å². The second kappa shape index (κ2) is 33.6. The summed E-state index contributed by atoms with van der Waals surface area (Å²) >= 11 is 2.29. The molecule has 22 nitrogen and oxygen atoms in total. The van der Waals surface area contributed by atoms with Crippen molar-refractivity contribution >= 4 is 119 Å². The molecule has 4 aliphatic heterocycles. The van der Waals surface area contributed by atoms with Gasteiger partial charge in [0.25, 0.3) is 22.9 Å². The second-order valence-corrected chi connectivity index (χ2v) is 18.7. The first-order valence-corrected chi connectivity index (χ1v) is 26.0. The number of ether oxygens (including phenoxy) is 4. The Labute approximate surface area is 506 Å². The number of nitrogens with two attached hydrogens (primary N) is 1. The third kappa shape index (κ3) is 17.4. The molecular weight excluding hydrogens is 1250 g/mol. The number of rotatable bonds is 14. The molecule has 28 heteroatoms. The summed E-state index contributed by atoms with van der Waals surface area (Å²) in [4.78, 5) is 101. The van der Waals surface area contributed by atoms with E-state index in [1.54, 1.807) is 28.8 Å². The van der Waals surface area contributed by atoms with Crippen LogP contribution in [0.5, 0.6) is 11.8 Å². The van der Waals surface area contributed by atoms with Gasteiger partial charge in [0, 0.05) is 61.3 Å². The van der Waals surface area contributed by atoms with Crippen molar-refractivity contribution in [3.05, 3.63) is 118 Å². The number of hydrogen-bond donors (Lipinski definition) is 3. The number of carbonyl (C=O) groups excluding carboxylic acids is 5. The number of anilines is 3. The number of carbonyl (C=O) groups is 5. The molecule has 1 radical (unpaired) electrons. The van der Waals surface area contributed by atoms with Crippen LogP contribution in [0.25, 0.3) is 21.8 Å². The molecule has 0 bridgehead atoms. The Morgan fingerprint density at radius 2 is 1.25 bits per heavy atom. The summed E-state index contributed by atoms with van der Waals surface area (Å²) in [6.07, 6.45) is 3.56. The Hall–Kier alpha value is -6.24. The van der Waals surface area contributed by atoms with Gasteiger partial charge in [-0.05, 0) is 104 Å². The van der Waals surface area contributed by atoms with Crippen LogP contribution >= 0.6 is 49.6 Å². The van der Waals surface area contributed by atoms with E-state index in [0.29, 0.717) is 98.8 Å². The second-order valence-electron chi connectivity index (χ2n) is 17.2. The summed E-state index contributed by atoms with van der Waals surface area (Å²) in [5.41, 5.74) is 7.50. The number of halogens is 3. The number of ketones is 1. The van der Waals surface area contributed by atoms with Crippen LogP contribution in [0.3, 0.4) is 0 Å². The molecule has 2 saturated heterocycles. The normalized spacial score (nSPS) is 15.3. The van der Waals surface area contributed by atoms with E-state index in [1.807, 2.05) is 13.8 Å². The molecule has 81 heavy (non-hydrogen) atoms. The van der Waals surface area contributed by atoms with E-state index in [0.717, 1.165) is 10.8 Å². The molecule has 6 aromatic rings. The van der Waals surface area contributed by atoms with Gasteiger partial charge in [0.2, 0.25) is 5.88 Å². The van der Waals surface area contributed by atoms with E-state index in [4.69, 9.17) is 24.7 Å². The number of Topliss-reactive ketones (excluding diaryl/α,β-unsaturated/α-hetero) is 1. The molecule has 0 spiro atoms. The van der Waals surface area contributed by atoms with Gasteiger partial charge in [0.1, 0.15) is 42.4 Å². The minimum atomic E-state index is -0.548. The van der Waals surface area contributed by atoms with Crippen molar-refractivity contribution in [2.24, 2.45) is 5.73 Å². The Balaban J connectivity index is 0.000000425. The Bertz CT molecular complexity index is 3270. The number of aromatic nitrogens is 6. The van der Waals surface area contributed by atoms with Crippen LogP contribution in [0.4, 0.5) is 35.8 Å². The third-order valence-corrected chi connectivity index (χ3v) is 12.2. The van der Waals surface area contributed by atoms with Crippen molar-refractivity contribution in [3.8, 4) is 11.8 Å². The van der Waals surface area contributed by atoms with E-state index in [2.05, 4.69) is 60.1 Å². The van der Waals surface area contributed by atoms with Crippen LogP contribution in [0.15, 0.2) is 70.5 Å². The van der Waals surface area contributed by atoms with Crippen molar-refractivity contribution in [1.82, 2.24) is 34.4 Å². The number of aldehydes is 1. The molecule has 3 amide bonds. The van der Waals surface area contributed by atoms with Crippen molar-refractivity contribution < 1.29 is 70.3 Å². The molecule has 0 saturated carbocycles. The van der Waals surface area contributed by atoms with Crippen LogP contribution in [-0.2, 0) is 74.8 Å². The number of hydrogen-bond acceptors (Lipinski definition) is 17. The quantitative estimate of drug-likeness (QED) is 0.0363. The fraction of sp³-hybridized carbons (Fsp3) is 0.396. The summed E-state index contributed by atoms with van der Waals surface area (Å²) < 4.78 is 53.6. The van der Waals surface area contributed by atoms with Crippen LogP contribution in [0, 0.1) is 19.1 Å². The van der Waals surface area contributed by atoms with E-state index >= 15 is 0 Å². The van der Waals surface area contributed by atoms with Crippen molar-refractivity contribution in [2.75, 3.05) is 65.5 Å². The molecule has 4 aliphatic rings. The average molecular weight is 1310 g/mol. The van der Waals surface area contributed by atoms with E-state index in [-0.39, 0.29) is 157 Å². The molecule has 8 heterocycles. The maximum atomic E-state index is 14.6. The number of alkyl halides is 1. The zero-order valence-corrected chi connectivity index (χ0v) is 49.9. The van der Waals surface area contributed by atoms with Gasteiger partial charge in [0.15, 0.2) is 29.8 Å². The number of cyclic esters (lactones) is 2. The number of pyridine rings is 2. The Kier molecular flexibility index (Phi) is 29.4. The Morgan fingerprint density at radius 3 is 1.80 bits per heavy atom. The van der Waals surface area contributed by atoms with E-state index in [1.165, 1.54) is 55.5 Å². The molecule has 2 atom stereocenters. The van der Waals surface area contributed by atoms with Crippen LogP contribution in [0.1, 0.15) is 57.9 Å². The van der Waals surface area contributed by atoms with Gasteiger partial charge >= 0.3 is 12.2 Å². The number of fused-ring (bicyclic) bond motifs is 4. The predicted octanol–water partition coefficient (Wildman–Crippen LogP) is 6.14. The summed E-state index contributed by atoms with van der Waals surface area (Å²) in [7, 11) is 0. The van der Waals surface area contributed by atoms with Gasteiger partial charge in [-0.2, -0.15) is 27.0 Å². The summed E-state index contributed by atoms with van der Waals surface area (Å²) in [6.45, 7) is 8.73. The molecule has 0 aliphatic carbocycles. The molecule has 439 valence electrons. The number of amides is 3. The summed E-state index contributed by atoms with van der Waals surface area (Å²) in [5, 5.41) is 7.42. The van der Waals surface area contributed by atoms with Crippen molar-refractivity contribution in [1.29, 1.82) is 0 Å². The van der Waals surface area contributed by atoms with Crippen LogP contribution < -0.4 is 46.8 Å². The summed E-state index contributed by atoms with van der Waals surface area (Å²) in [6, 6.07) is 12.4. The zero-order chi connectivity index (χ0) is 54.5. The zero-order valence-electron chi connectivity index (χ0n) is 44.3. The molecule has 10 rings (SSSR count). The first-order chi connectivity index (χ1) is 36.7. The van der Waals surface area contributed by atoms with Gasteiger partial charge in [0.05, 0.1) is 42.9 Å². The van der Waals surface area contributed by atoms with Gasteiger partial charge < -0.3 is 56.7 Å². The fourth-order valence-corrected chi connectivity index (χ4v) is 8.68. The smallest absolute Gasteiger partial charge is 0.415 e. The molecule has 2 fully saturated rings. The maximum absolute atomic E-state index is 14.6. The van der Waals surface area contributed by atoms with Crippen LogP contribution in [-0.4, -0.2) is 122 Å². The SMILES string of the molecule is C.CCI.CCn1c(=O)ccc2ccc(F)c(CC=O)c21.CCn1c(=O)ccc2ccc(F)c(CCNCC[C@H]3CN(c4cnc5c(n4)NC(=O)CO5)C(=O)O3)c21.NCC[C@H]1CN(c2cnc3c(n2)CC(=O)CO3)C(=O)O1.S.S.[CH3-].[V]. The van der Waals surface area contributed by atoms with Gasteiger partial charge in [-0.25, -0.2) is 38.3 Å². The molecule has 0 unspecified atom stereocenters. The Morgan fingerprint density at radius 1 is 0.741 bits per heavy atom. The van der Waals surface area contributed by atoms with Gasteiger partial charge in [-0.3, -0.25) is 29.0 Å². The van der Waals surface area contributed by atoms with Gasteiger partial charge in [-0.15, -0.1) is 0 Å². The first-order valence-electron chi connectivity index (χ1n) is 24.5. The number of benzene rings is 2. The monoisotopic (exact) mass is 1310 g/mol. The minimum Gasteiger partial charge on any atom is -0.468 e. The number of nitrogens with one attached hydrogen (secondary N) is 2. The first kappa shape index (κ1) is 70.9. The van der Waals surface area contributed by atoms with Crippen LogP contribution in [0.2, 0.25) is 0 Å². The molecule has 4 N–H and O–H groups in total. The third-order valence-electron chi connectivity index (χ3n) is 12.2. The molecule has 4 aromatic heterocycles. The largest absolute Gasteiger partial charge is 0.468 e. The van der Waals surface area contributed by atoms with Crippen molar-refractivity contribution in [2.45, 2.75) is 85.6 Å². The molecule has 2 aromatic carbocycles. The molecular formula is C53H67F2IN11O11S2V-. The predicted molar refractivity (Wildman–Crippen MR) is 318 cm³/mol. The number of nitrogens with zero attached hydrogens (tertiary/aromatic N) is 8. The summed E-state index contributed by atoms with van der Waals surface area (Å²) in [5.74, 6) is 0.139. The van der Waals surface area contributed by atoms with Crippen molar-refractivity contribution in [3.63, 3.8) is 0 Å². The minimum absolute atomic E-state index is 0. The maximum Gasteiger partial charge on any atom is 0.415 e. The van der Waals surface area contributed by atoms with E-state index in [9.17, 15) is 42.3 Å². The average Bonchev–Trinajstić information content (AvgIpc) is 4.09. The standard InChI is InChI=1S/C24H25FN6O5.C13H12FNO2.C12H14N4O4.C2H5I.CH4.CH3.2H2S.V/c1-2-30-20(33)6-4-14-3-5-17(25)16(21(14)30)8-10-26-9-7-15-12-31(24(34)36-15)18-11-27-23-22(28-18)29-19(32)13-35-23;1-2-15-12(17)6-4-9-3-5-11(14)10(7-8-16)13(9)15;13-2-1-8-5-16(12(18)20-8)10-4-14-11-9(15-10)3-7(17)6-19-11;1-2-3;;;;;/h3-6,11,15,26H,2,7-10,12-13H2,1H3,(H,28,29,32);3-6,8H,2,7H2,1H3;4,8H,1-3,5-6,13H2;2H2,1H3;1H4;1H3;2*1H2;/q;;;;;-1;;;/t15-;;8-;;;;;;/m0.0....../s1. The van der Waals surface area contributed by atoms with E-state index < -0.39 is 18.0 Å². The number of aryl methyl sites for hydroxylation is 2.